The second-order valence-electron chi connectivity index (χ2n) is 8.01. The van der Waals surface area contributed by atoms with E-state index in [0.717, 1.165) is 12.8 Å². The Morgan fingerprint density at radius 1 is 1.00 bits per heavy atom. The van der Waals surface area contributed by atoms with E-state index in [4.69, 9.17) is 9.47 Å². The van der Waals surface area contributed by atoms with Crippen LogP contribution in [-0.4, -0.2) is 42.9 Å². The summed E-state index contributed by atoms with van der Waals surface area (Å²) in [5.74, 6) is -2.09. The first-order valence-electron chi connectivity index (χ1n) is 11.3. The zero-order valence-electron chi connectivity index (χ0n) is 19.0. The first kappa shape index (κ1) is 24.2. The Labute approximate surface area is 193 Å². The van der Waals surface area contributed by atoms with Gasteiger partial charge in [-0.3, -0.25) is 14.4 Å². The van der Waals surface area contributed by atoms with Crippen molar-refractivity contribution in [2.45, 2.75) is 45.6 Å². The molecule has 1 heterocycles. The summed E-state index contributed by atoms with van der Waals surface area (Å²) < 4.78 is 10.7. The molecule has 3 rings (SSSR count). The van der Waals surface area contributed by atoms with Gasteiger partial charge < -0.3 is 14.4 Å². The van der Waals surface area contributed by atoms with Crippen molar-refractivity contribution in [3.8, 4) is 0 Å². The summed E-state index contributed by atoms with van der Waals surface area (Å²) in [7, 11) is 0. The minimum atomic E-state index is -0.887. The third-order valence-electron chi connectivity index (χ3n) is 5.58. The Hall–Kier alpha value is -3.48. The van der Waals surface area contributed by atoms with E-state index in [1.807, 2.05) is 13.0 Å². The van der Waals surface area contributed by atoms with Crippen LogP contribution in [0.3, 0.4) is 0 Å². The maximum Gasteiger partial charge on any atom is 0.338 e. The molecule has 0 N–H and O–H groups in total. The van der Waals surface area contributed by atoms with Crippen molar-refractivity contribution in [2.75, 3.05) is 18.1 Å². The van der Waals surface area contributed by atoms with Gasteiger partial charge in [-0.1, -0.05) is 50.6 Å². The Bertz CT molecular complexity index is 986. The summed E-state index contributed by atoms with van der Waals surface area (Å²) in [5, 5.41) is 0. The summed E-state index contributed by atoms with van der Waals surface area (Å²) in [4.78, 5) is 51.5. The van der Waals surface area contributed by atoms with Crippen molar-refractivity contribution in [3.63, 3.8) is 0 Å². The van der Waals surface area contributed by atoms with Gasteiger partial charge in [0.25, 0.3) is 0 Å². The largest absolute Gasteiger partial charge is 0.462 e. The van der Waals surface area contributed by atoms with E-state index in [0.29, 0.717) is 29.8 Å². The molecule has 7 nitrogen and oxygen atoms in total. The number of ketones is 1. The van der Waals surface area contributed by atoms with E-state index in [-0.39, 0.29) is 24.7 Å². The van der Waals surface area contributed by atoms with Gasteiger partial charge in [-0.05, 0) is 37.1 Å². The van der Waals surface area contributed by atoms with Gasteiger partial charge in [0.1, 0.15) is 0 Å². The zero-order chi connectivity index (χ0) is 23.8. The Morgan fingerprint density at radius 2 is 1.70 bits per heavy atom. The number of carbonyl (C=O) groups is 4. The lowest BCUT2D eigenvalue weighted by atomic mass is 10.0. The average Bonchev–Trinajstić information content (AvgIpc) is 3.24. The van der Waals surface area contributed by atoms with Crippen LogP contribution in [0.25, 0.3) is 0 Å². The monoisotopic (exact) mass is 451 g/mol. The summed E-state index contributed by atoms with van der Waals surface area (Å²) in [6.07, 6.45) is 1.21. The summed E-state index contributed by atoms with van der Waals surface area (Å²) >= 11 is 0. The third-order valence-corrected chi connectivity index (χ3v) is 5.58. The lowest BCUT2D eigenvalue weighted by Gasteiger charge is -2.19. The molecule has 2 atom stereocenters. The summed E-state index contributed by atoms with van der Waals surface area (Å²) in [5.41, 5.74) is 1.48. The highest BCUT2D eigenvalue weighted by atomic mass is 16.5. The number of hydrogen-bond donors (Lipinski definition) is 0. The number of anilines is 1. The fourth-order valence-corrected chi connectivity index (χ4v) is 3.63. The number of rotatable bonds is 10. The van der Waals surface area contributed by atoms with Crippen LogP contribution < -0.4 is 4.90 Å². The predicted molar refractivity (Wildman–Crippen MR) is 123 cm³/mol. The van der Waals surface area contributed by atoms with Crippen LogP contribution in [0, 0.1) is 5.92 Å². The quantitative estimate of drug-likeness (QED) is 0.306. The number of unbranched alkanes of at least 4 members (excludes halogenated alkanes) is 1. The van der Waals surface area contributed by atoms with E-state index in [1.54, 1.807) is 55.5 Å². The molecule has 2 aromatic rings. The summed E-state index contributed by atoms with van der Waals surface area (Å²) in [6.45, 7) is 4.33. The fourth-order valence-electron chi connectivity index (χ4n) is 3.63. The van der Waals surface area contributed by atoms with Crippen LogP contribution in [0.4, 0.5) is 5.69 Å². The van der Waals surface area contributed by atoms with Gasteiger partial charge in [0, 0.05) is 24.2 Å². The lowest BCUT2D eigenvalue weighted by Crippen LogP contribution is -2.31. The SMILES string of the molecule is CCCCOC(=O)c1ccc(N2C[C@@H](C(=O)O[C@@H](CC)C(=O)c3ccccc3)CC2=O)cc1. The molecule has 1 saturated heterocycles. The van der Waals surface area contributed by atoms with Crippen LogP contribution in [0.1, 0.15) is 60.2 Å². The second kappa shape index (κ2) is 11.4. The maximum absolute atomic E-state index is 12.7. The number of benzene rings is 2. The molecule has 0 radical (unpaired) electrons. The van der Waals surface area contributed by atoms with Crippen molar-refractivity contribution in [1.82, 2.24) is 0 Å². The molecule has 174 valence electrons. The van der Waals surface area contributed by atoms with E-state index in [9.17, 15) is 19.2 Å². The van der Waals surface area contributed by atoms with Crippen molar-refractivity contribution >= 4 is 29.3 Å². The Kier molecular flexibility index (Phi) is 8.35. The number of amides is 1. The maximum atomic E-state index is 12.7. The number of carbonyl (C=O) groups excluding carboxylic acids is 4. The van der Waals surface area contributed by atoms with E-state index >= 15 is 0 Å². The Balaban J connectivity index is 1.60. The molecule has 1 aliphatic rings. The normalized spacial score (nSPS) is 16.4. The van der Waals surface area contributed by atoms with Crippen LogP contribution >= 0.6 is 0 Å². The molecule has 0 aliphatic carbocycles. The number of esters is 2. The number of ether oxygens (including phenoxy) is 2. The van der Waals surface area contributed by atoms with Gasteiger partial charge in [-0.2, -0.15) is 0 Å². The van der Waals surface area contributed by atoms with Gasteiger partial charge in [0.15, 0.2) is 6.10 Å². The minimum Gasteiger partial charge on any atom is -0.462 e. The molecule has 1 aliphatic heterocycles. The molecule has 0 saturated carbocycles. The van der Waals surface area contributed by atoms with Gasteiger partial charge in [0.05, 0.1) is 18.1 Å². The number of hydrogen-bond acceptors (Lipinski definition) is 6. The number of nitrogens with zero attached hydrogens (tertiary/aromatic N) is 1. The fraction of sp³-hybridized carbons (Fsp3) is 0.385. The number of Topliss-reactive ketones (excluding diaryl/α,β-unsaturated/α-hetero) is 1. The molecule has 0 unspecified atom stereocenters. The smallest absolute Gasteiger partial charge is 0.338 e. The molecule has 7 heteroatoms. The van der Waals surface area contributed by atoms with Crippen LogP contribution in [0.15, 0.2) is 54.6 Å². The molecular weight excluding hydrogens is 422 g/mol. The predicted octanol–water partition coefficient (Wildman–Crippen LogP) is 4.20. The highest BCUT2D eigenvalue weighted by Crippen LogP contribution is 2.27. The highest BCUT2D eigenvalue weighted by Gasteiger charge is 2.37. The van der Waals surface area contributed by atoms with Crippen LogP contribution in [0.2, 0.25) is 0 Å². The first-order chi connectivity index (χ1) is 15.9. The first-order valence-corrected chi connectivity index (χ1v) is 11.3. The lowest BCUT2D eigenvalue weighted by molar-refractivity contribution is -0.151. The molecule has 0 bridgehead atoms. The molecule has 1 amide bonds. The highest BCUT2D eigenvalue weighted by molar-refractivity contribution is 6.02. The van der Waals surface area contributed by atoms with Crippen molar-refractivity contribution in [1.29, 1.82) is 0 Å². The van der Waals surface area contributed by atoms with Gasteiger partial charge in [-0.25, -0.2) is 4.79 Å². The zero-order valence-corrected chi connectivity index (χ0v) is 19.0. The van der Waals surface area contributed by atoms with E-state index in [1.165, 1.54) is 4.90 Å². The Morgan fingerprint density at radius 3 is 2.33 bits per heavy atom. The molecule has 0 aromatic heterocycles. The van der Waals surface area contributed by atoms with Crippen LogP contribution in [-0.2, 0) is 19.1 Å². The van der Waals surface area contributed by atoms with E-state index in [2.05, 4.69) is 0 Å². The van der Waals surface area contributed by atoms with Crippen molar-refractivity contribution < 1.29 is 28.7 Å². The second-order valence-corrected chi connectivity index (χ2v) is 8.01. The van der Waals surface area contributed by atoms with Crippen molar-refractivity contribution in [3.05, 3.63) is 65.7 Å². The van der Waals surface area contributed by atoms with Gasteiger partial charge in [0.2, 0.25) is 11.7 Å². The van der Waals surface area contributed by atoms with Crippen LogP contribution in [0.5, 0.6) is 0 Å². The van der Waals surface area contributed by atoms with Gasteiger partial charge in [-0.15, -0.1) is 0 Å². The van der Waals surface area contributed by atoms with E-state index < -0.39 is 24.0 Å². The van der Waals surface area contributed by atoms with Gasteiger partial charge >= 0.3 is 11.9 Å². The summed E-state index contributed by atoms with van der Waals surface area (Å²) in [6, 6.07) is 15.2. The standard InChI is InChI=1S/C26H29NO6/c1-3-5-15-32-25(30)19-11-13-21(14-12-19)27-17-20(16-23(27)28)26(31)33-22(4-2)24(29)18-9-7-6-8-10-18/h6-14,20,22H,3-5,15-17H2,1-2H3/t20-,22-/m0/s1. The molecule has 1 fully saturated rings. The molecule has 2 aromatic carbocycles. The molecular formula is C26H29NO6. The topological polar surface area (TPSA) is 90.0 Å². The average molecular weight is 452 g/mol. The molecule has 0 spiro atoms. The third kappa shape index (κ3) is 6.06. The molecule has 33 heavy (non-hydrogen) atoms. The van der Waals surface area contributed by atoms with Crippen molar-refractivity contribution in [2.24, 2.45) is 5.92 Å². The minimum absolute atomic E-state index is 0.00953.